The lowest BCUT2D eigenvalue weighted by Crippen LogP contribution is -2.11. The summed E-state index contributed by atoms with van der Waals surface area (Å²) in [6, 6.07) is 5.29. The molecule has 0 N–H and O–H groups in total. The second-order valence-electron chi connectivity index (χ2n) is 4.69. The molecule has 0 unspecified atom stereocenters. The molecular weight excluding hydrogens is 324 g/mol. The van der Waals surface area contributed by atoms with E-state index in [4.69, 9.17) is 0 Å². The molecule has 0 aliphatic rings. The van der Waals surface area contributed by atoms with E-state index in [1.54, 1.807) is 12.1 Å². The SMILES string of the molecule is FC(F)(F)c1cc(C(F)(F)F)c2ncn(-c3ccccn3)c2c1. The van der Waals surface area contributed by atoms with Crippen LogP contribution in [0.2, 0.25) is 0 Å². The van der Waals surface area contributed by atoms with Gasteiger partial charge in [0.25, 0.3) is 0 Å². The predicted octanol–water partition coefficient (Wildman–Crippen LogP) is 4.46. The summed E-state index contributed by atoms with van der Waals surface area (Å²) in [5.74, 6) is 0.169. The molecule has 23 heavy (non-hydrogen) atoms. The summed E-state index contributed by atoms with van der Waals surface area (Å²) in [6.07, 6.45) is -7.47. The quantitative estimate of drug-likeness (QED) is 0.617. The van der Waals surface area contributed by atoms with Gasteiger partial charge in [-0.2, -0.15) is 26.3 Å². The Morgan fingerprint density at radius 1 is 0.870 bits per heavy atom. The molecule has 2 heterocycles. The van der Waals surface area contributed by atoms with Crippen molar-refractivity contribution in [3.63, 3.8) is 0 Å². The topological polar surface area (TPSA) is 30.7 Å². The summed E-state index contributed by atoms with van der Waals surface area (Å²) in [6.45, 7) is 0. The molecule has 0 aliphatic carbocycles. The zero-order valence-electron chi connectivity index (χ0n) is 11.2. The Hall–Kier alpha value is -2.58. The summed E-state index contributed by atoms with van der Waals surface area (Å²) < 4.78 is 79.0. The first kappa shape index (κ1) is 15.3. The highest BCUT2D eigenvalue weighted by Crippen LogP contribution is 2.39. The minimum Gasteiger partial charge on any atom is -0.283 e. The summed E-state index contributed by atoms with van der Waals surface area (Å²) in [7, 11) is 0. The Labute approximate surface area is 125 Å². The van der Waals surface area contributed by atoms with Crippen LogP contribution in [0, 0.1) is 0 Å². The molecule has 0 spiro atoms. The molecule has 0 aliphatic heterocycles. The third-order valence-corrected chi connectivity index (χ3v) is 3.18. The smallest absolute Gasteiger partial charge is 0.283 e. The van der Waals surface area contributed by atoms with Gasteiger partial charge in [-0.05, 0) is 24.3 Å². The van der Waals surface area contributed by atoms with Crippen molar-refractivity contribution in [3.8, 4) is 5.82 Å². The first-order valence-corrected chi connectivity index (χ1v) is 6.25. The van der Waals surface area contributed by atoms with Gasteiger partial charge in [0, 0.05) is 6.20 Å². The van der Waals surface area contributed by atoms with Gasteiger partial charge in [-0.3, -0.25) is 4.57 Å². The number of aromatic nitrogens is 3. The van der Waals surface area contributed by atoms with E-state index in [-0.39, 0.29) is 17.4 Å². The van der Waals surface area contributed by atoms with Crippen molar-refractivity contribution in [2.24, 2.45) is 0 Å². The number of hydrogen-bond acceptors (Lipinski definition) is 2. The molecule has 9 heteroatoms. The molecule has 0 amide bonds. The molecule has 0 radical (unpaired) electrons. The van der Waals surface area contributed by atoms with Crippen molar-refractivity contribution in [1.29, 1.82) is 0 Å². The van der Waals surface area contributed by atoms with Crippen molar-refractivity contribution < 1.29 is 26.3 Å². The van der Waals surface area contributed by atoms with Crippen LogP contribution in [0.15, 0.2) is 42.9 Å². The number of pyridine rings is 1. The number of halogens is 6. The zero-order chi connectivity index (χ0) is 16.8. The van der Waals surface area contributed by atoms with Crippen LogP contribution in [-0.4, -0.2) is 14.5 Å². The van der Waals surface area contributed by atoms with Crippen molar-refractivity contribution in [3.05, 3.63) is 54.0 Å². The maximum absolute atomic E-state index is 13.1. The standard InChI is InChI=1S/C14H7F6N3/c15-13(16,17)8-5-9(14(18,19)20)12-10(6-8)23(7-22-12)11-3-1-2-4-21-11/h1-7H. The molecule has 0 saturated heterocycles. The fourth-order valence-electron chi connectivity index (χ4n) is 2.17. The molecule has 1 aromatic carbocycles. The van der Waals surface area contributed by atoms with Crippen molar-refractivity contribution >= 4 is 11.0 Å². The minimum atomic E-state index is -4.96. The van der Waals surface area contributed by atoms with Gasteiger partial charge in [-0.1, -0.05) is 6.07 Å². The van der Waals surface area contributed by atoms with E-state index >= 15 is 0 Å². The third-order valence-electron chi connectivity index (χ3n) is 3.18. The van der Waals surface area contributed by atoms with Crippen molar-refractivity contribution in [2.45, 2.75) is 12.4 Å². The molecule has 0 atom stereocenters. The van der Waals surface area contributed by atoms with Gasteiger partial charge >= 0.3 is 12.4 Å². The largest absolute Gasteiger partial charge is 0.418 e. The van der Waals surface area contributed by atoms with Crippen LogP contribution in [0.4, 0.5) is 26.3 Å². The Balaban J connectivity index is 2.35. The summed E-state index contributed by atoms with van der Waals surface area (Å²) in [4.78, 5) is 7.54. The number of nitrogens with zero attached hydrogens (tertiary/aromatic N) is 3. The molecule has 0 bridgehead atoms. The molecule has 3 rings (SSSR count). The predicted molar refractivity (Wildman–Crippen MR) is 68.9 cm³/mol. The fraction of sp³-hybridized carbons (Fsp3) is 0.143. The second-order valence-corrected chi connectivity index (χ2v) is 4.69. The third kappa shape index (κ3) is 2.73. The number of alkyl halides is 6. The van der Waals surface area contributed by atoms with Gasteiger partial charge in [0.2, 0.25) is 0 Å². The van der Waals surface area contributed by atoms with E-state index in [0.717, 1.165) is 10.9 Å². The number of fused-ring (bicyclic) bond motifs is 1. The van der Waals surface area contributed by atoms with E-state index in [1.807, 2.05) is 0 Å². The Bertz CT molecular complexity index is 849. The Kier molecular flexibility index (Phi) is 3.31. The number of benzene rings is 1. The molecule has 0 fully saturated rings. The normalized spacial score (nSPS) is 12.8. The molecule has 0 saturated carbocycles. The molecular formula is C14H7F6N3. The van der Waals surface area contributed by atoms with Gasteiger partial charge in [-0.15, -0.1) is 0 Å². The van der Waals surface area contributed by atoms with E-state index in [9.17, 15) is 26.3 Å². The lowest BCUT2D eigenvalue weighted by atomic mass is 10.1. The lowest BCUT2D eigenvalue weighted by molar-refractivity contribution is -0.142. The maximum atomic E-state index is 13.1. The summed E-state index contributed by atoms with van der Waals surface area (Å²) in [5, 5.41) is 0. The van der Waals surface area contributed by atoms with Gasteiger partial charge in [0.1, 0.15) is 17.7 Å². The Morgan fingerprint density at radius 3 is 2.17 bits per heavy atom. The number of imidazole rings is 1. The van der Waals surface area contributed by atoms with Crippen LogP contribution < -0.4 is 0 Å². The van der Waals surface area contributed by atoms with Gasteiger partial charge in [0.05, 0.1) is 16.6 Å². The van der Waals surface area contributed by atoms with Crippen molar-refractivity contribution in [2.75, 3.05) is 0 Å². The Morgan fingerprint density at radius 2 is 1.61 bits per heavy atom. The molecule has 2 aromatic heterocycles. The average molecular weight is 331 g/mol. The highest BCUT2D eigenvalue weighted by atomic mass is 19.4. The van der Waals surface area contributed by atoms with Gasteiger partial charge < -0.3 is 0 Å². The van der Waals surface area contributed by atoms with Crippen LogP contribution >= 0.6 is 0 Å². The van der Waals surface area contributed by atoms with E-state index < -0.39 is 29.0 Å². The lowest BCUT2D eigenvalue weighted by Gasteiger charge is -2.13. The van der Waals surface area contributed by atoms with Crippen LogP contribution in [-0.2, 0) is 12.4 Å². The van der Waals surface area contributed by atoms with E-state index in [0.29, 0.717) is 6.07 Å². The van der Waals surface area contributed by atoms with E-state index in [2.05, 4.69) is 9.97 Å². The number of hydrogen-bond donors (Lipinski definition) is 0. The first-order valence-electron chi connectivity index (χ1n) is 6.25. The van der Waals surface area contributed by atoms with Crippen LogP contribution in [0.25, 0.3) is 16.9 Å². The molecule has 120 valence electrons. The van der Waals surface area contributed by atoms with Crippen LogP contribution in [0.5, 0.6) is 0 Å². The fourth-order valence-corrected chi connectivity index (χ4v) is 2.17. The van der Waals surface area contributed by atoms with E-state index in [1.165, 1.54) is 12.3 Å². The highest BCUT2D eigenvalue weighted by Gasteiger charge is 2.39. The first-order chi connectivity index (χ1) is 10.7. The highest BCUT2D eigenvalue weighted by molar-refractivity contribution is 5.82. The van der Waals surface area contributed by atoms with Crippen LogP contribution in [0.1, 0.15) is 11.1 Å². The van der Waals surface area contributed by atoms with Crippen molar-refractivity contribution in [1.82, 2.24) is 14.5 Å². The minimum absolute atomic E-state index is 0.0676. The van der Waals surface area contributed by atoms with Crippen LogP contribution in [0.3, 0.4) is 0 Å². The molecule has 3 aromatic rings. The zero-order valence-corrected chi connectivity index (χ0v) is 11.2. The molecule has 3 nitrogen and oxygen atoms in total. The number of rotatable bonds is 1. The van der Waals surface area contributed by atoms with Gasteiger partial charge in [-0.25, -0.2) is 9.97 Å². The second kappa shape index (κ2) is 4.97. The summed E-state index contributed by atoms with van der Waals surface area (Å²) >= 11 is 0. The van der Waals surface area contributed by atoms with Gasteiger partial charge in [0.15, 0.2) is 0 Å². The summed E-state index contributed by atoms with van der Waals surface area (Å²) in [5.41, 5.74) is -3.70. The monoisotopic (exact) mass is 331 g/mol. The maximum Gasteiger partial charge on any atom is 0.418 e. The average Bonchev–Trinajstić information content (AvgIpc) is 2.89.